The van der Waals surface area contributed by atoms with Gasteiger partial charge in [-0.25, -0.2) is 26.3 Å². The molecule has 1 aliphatic rings. The molecule has 0 radical (unpaired) electrons. The van der Waals surface area contributed by atoms with Crippen LogP contribution in [0.15, 0.2) is 34.1 Å². The number of hydrogen-bond donors (Lipinski definition) is 3. The second kappa shape index (κ2) is 5.41. The van der Waals surface area contributed by atoms with Crippen LogP contribution in [0, 0.1) is 0 Å². The van der Waals surface area contributed by atoms with Crippen LogP contribution in [0.2, 0.25) is 0 Å². The van der Waals surface area contributed by atoms with Crippen molar-refractivity contribution in [2.45, 2.75) is 34.7 Å². The van der Waals surface area contributed by atoms with Gasteiger partial charge in [-0.2, -0.15) is 0 Å². The maximum Gasteiger partial charge on any atom is 0.240 e. The summed E-state index contributed by atoms with van der Waals surface area (Å²) in [5, 5.41) is 0. The third-order valence-electron chi connectivity index (χ3n) is 3.21. The van der Waals surface area contributed by atoms with E-state index in [-0.39, 0.29) is 21.9 Å². The van der Waals surface area contributed by atoms with Gasteiger partial charge in [-0.05, 0) is 44.2 Å². The Hall–Kier alpha value is -1.00. The van der Waals surface area contributed by atoms with Gasteiger partial charge in [0.05, 0.1) is 9.79 Å². The molecule has 7 nitrogen and oxygen atoms in total. The molecule has 0 saturated heterocycles. The van der Waals surface area contributed by atoms with Crippen LogP contribution in [0.4, 0.5) is 0 Å². The molecule has 20 heavy (non-hydrogen) atoms. The van der Waals surface area contributed by atoms with E-state index in [1.54, 1.807) is 0 Å². The number of benzene rings is 1. The highest BCUT2D eigenvalue weighted by Gasteiger charge is 2.30. The van der Waals surface area contributed by atoms with E-state index in [0.717, 1.165) is 0 Å². The highest BCUT2D eigenvalue weighted by Crippen LogP contribution is 2.21. The van der Waals surface area contributed by atoms with E-state index in [2.05, 4.69) is 9.44 Å². The van der Waals surface area contributed by atoms with Gasteiger partial charge in [-0.3, -0.25) is 0 Å². The molecule has 0 bridgehead atoms. The van der Waals surface area contributed by atoms with Gasteiger partial charge >= 0.3 is 0 Å². The van der Waals surface area contributed by atoms with Gasteiger partial charge in [-0.1, -0.05) is 0 Å². The van der Waals surface area contributed by atoms with Gasteiger partial charge in [-0.15, -0.1) is 0 Å². The Morgan fingerprint density at radius 3 is 1.85 bits per heavy atom. The van der Waals surface area contributed by atoms with Gasteiger partial charge < -0.3 is 5.73 Å². The molecule has 112 valence electrons. The monoisotopic (exact) mass is 319 g/mol. The van der Waals surface area contributed by atoms with E-state index in [1.165, 1.54) is 31.3 Å². The van der Waals surface area contributed by atoms with Crippen LogP contribution in [0.3, 0.4) is 0 Å². The standard InChI is InChI=1S/C11H17N3O4S2/c1-13-19(15,16)10-2-4-11(5-3-10)20(17,18)14-9-6-8(12)7-9/h2-5,8-9,13-14H,6-7,12H2,1H3. The minimum absolute atomic E-state index is 0.0182. The second-order valence-electron chi connectivity index (χ2n) is 4.73. The highest BCUT2D eigenvalue weighted by atomic mass is 32.2. The third-order valence-corrected chi connectivity index (χ3v) is 6.18. The zero-order valence-corrected chi connectivity index (χ0v) is 12.5. The Kier molecular flexibility index (Phi) is 4.17. The predicted molar refractivity (Wildman–Crippen MR) is 74.0 cm³/mol. The van der Waals surface area contributed by atoms with E-state index in [0.29, 0.717) is 12.8 Å². The molecule has 1 aliphatic carbocycles. The molecule has 1 saturated carbocycles. The molecule has 0 unspecified atom stereocenters. The number of sulfonamides is 2. The summed E-state index contributed by atoms with van der Waals surface area (Å²) >= 11 is 0. The fourth-order valence-electron chi connectivity index (χ4n) is 1.96. The van der Waals surface area contributed by atoms with Crippen molar-refractivity contribution < 1.29 is 16.8 Å². The fourth-order valence-corrected chi connectivity index (χ4v) is 3.95. The van der Waals surface area contributed by atoms with E-state index >= 15 is 0 Å². The first-order chi connectivity index (χ1) is 9.24. The SMILES string of the molecule is CNS(=O)(=O)c1ccc(S(=O)(=O)NC2CC(N)C2)cc1. The Balaban J connectivity index is 2.17. The summed E-state index contributed by atoms with van der Waals surface area (Å²) < 4.78 is 51.9. The summed E-state index contributed by atoms with van der Waals surface area (Å²) in [6.45, 7) is 0. The molecule has 0 aromatic heterocycles. The smallest absolute Gasteiger partial charge is 0.240 e. The Morgan fingerprint density at radius 2 is 1.45 bits per heavy atom. The Bertz CT molecular complexity index is 677. The highest BCUT2D eigenvalue weighted by molar-refractivity contribution is 7.90. The summed E-state index contributed by atoms with van der Waals surface area (Å²) in [4.78, 5) is 0.0534. The maximum absolute atomic E-state index is 12.1. The molecule has 9 heteroatoms. The number of nitrogens with two attached hydrogens (primary N) is 1. The normalized spacial score (nSPS) is 23.3. The average Bonchev–Trinajstić information content (AvgIpc) is 2.37. The number of nitrogens with one attached hydrogen (secondary N) is 2. The molecule has 1 aromatic rings. The molecular formula is C11H17N3O4S2. The first kappa shape index (κ1) is 15.4. The second-order valence-corrected chi connectivity index (χ2v) is 8.33. The molecular weight excluding hydrogens is 302 g/mol. The summed E-state index contributed by atoms with van der Waals surface area (Å²) in [7, 11) is -5.91. The van der Waals surface area contributed by atoms with Gasteiger partial charge in [0.15, 0.2) is 0 Å². The van der Waals surface area contributed by atoms with E-state index in [1.807, 2.05) is 0 Å². The number of rotatable bonds is 5. The lowest BCUT2D eigenvalue weighted by atomic mass is 9.89. The minimum Gasteiger partial charge on any atom is -0.328 e. The van der Waals surface area contributed by atoms with Crippen LogP contribution in [0.5, 0.6) is 0 Å². The van der Waals surface area contributed by atoms with Crippen molar-refractivity contribution in [3.63, 3.8) is 0 Å². The van der Waals surface area contributed by atoms with Crippen molar-refractivity contribution in [3.8, 4) is 0 Å². The van der Waals surface area contributed by atoms with Crippen LogP contribution in [-0.2, 0) is 20.0 Å². The molecule has 0 spiro atoms. The first-order valence-electron chi connectivity index (χ1n) is 6.06. The molecule has 0 aliphatic heterocycles. The van der Waals surface area contributed by atoms with E-state index in [4.69, 9.17) is 5.73 Å². The maximum atomic E-state index is 12.1. The van der Waals surface area contributed by atoms with Gasteiger partial charge in [0.1, 0.15) is 0 Å². The van der Waals surface area contributed by atoms with Crippen LogP contribution < -0.4 is 15.2 Å². The van der Waals surface area contributed by atoms with Crippen molar-refractivity contribution in [3.05, 3.63) is 24.3 Å². The van der Waals surface area contributed by atoms with Crippen molar-refractivity contribution in [1.29, 1.82) is 0 Å². The van der Waals surface area contributed by atoms with Crippen LogP contribution >= 0.6 is 0 Å². The molecule has 0 heterocycles. The van der Waals surface area contributed by atoms with Crippen LogP contribution in [0.1, 0.15) is 12.8 Å². The fraction of sp³-hybridized carbons (Fsp3) is 0.455. The Labute approximate surface area is 118 Å². The average molecular weight is 319 g/mol. The first-order valence-corrected chi connectivity index (χ1v) is 9.03. The zero-order valence-electron chi connectivity index (χ0n) is 10.9. The van der Waals surface area contributed by atoms with Crippen molar-refractivity contribution in [2.24, 2.45) is 5.73 Å². The van der Waals surface area contributed by atoms with Crippen molar-refractivity contribution in [1.82, 2.24) is 9.44 Å². The quantitative estimate of drug-likeness (QED) is 0.667. The van der Waals surface area contributed by atoms with E-state index < -0.39 is 20.0 Å². The molecule has 0 amide bonds. The molecule has 2 rings (SSSR count). The van der Waals surface area contributed by atoms with Crippen LogP contribution in [0.25, 0.3) is 0 Å². The zero-order chi connectivity index (χ0) is 15.0. The topological polar surface area (TPSA) is 118 Å². The third kappa shape index (κ3) is 3.18. The van der Waals surface area contributed by atoms with Crippen LogP contribution in [-0.4, -0.2) is 36.0 Å². The van der Waals surface area contributed by atoms with Crippen molar-refractivity contribution in [2.75, 3.05) is 7.05 Å². The predicted octanol–water partition coefficient (Wildman–Crippen LogP) is -0.637. The van der Waals surface area contributed by atoms with Gasteiger partial charge in [0.2, 0.25) is 20.0 Å². The summed E-state index contributed by atoms with van der Waals surface area (Å²) in [6, 6.07) is 4.96. The minimum atomic E-state index is -3.63. The van der Waals surface area contributed by atoms with Crippen molar-refractivity contribution >= 4 is 20.0 Å². The number of hydrogen-bond acceptors (Lipinski definition) is 5. The van der Waals surface area contributed by atoms with E-state index in [9.17, 15) is 16.8 Å². The Morgan fingerprint density at radius 1 is 1.00 bits per heavy atom. The summed E-state index contributed by atoms with van der Waals surface area (Å²) in [6.07, 6.45) is 1.23. The largest absolute Gasteiger partial charge is 0.328 e. The lowest BCUT2D eigenvalue weighted by Crippen LogP contribution is -2.50. The van der Waals surface area contributed by atoms with Gasteiger partial charge in [0, 0.05) is 12.1 Å². The molecule has 1 fully saturated rings. The van der Waals surface area contributed by atoms with Gasteiger partial charge in [0.25, 0.3) is 0 Å². The summed E-state index contributed by atoms with van der Waals surface area (Å²) in [5.74, 6) is 0. The lowest BCUT2D eigenvalue weighted by molar-refractivity contribution is 0.327. The molecule has 1 aromatic carbocycles. The lowest BCUT2D eigenvalue weighted by Gasteiger charge is -2.32. The molecule has 0 atom stereocenters. The molecule has 4 N–H and O–H groups in total. The summed E-state index contributed by atoms with van der Waals surface area (Å²) in [5.41, 5.74) is 5.60.